The zero-order valence-electron chi connectivity index (χ0n) is 38.7. The second kappa shape index (κ2) is 17.5. The minimum absolute atomic E-state index is 0.0657. The van der Waals surface area contributed by atoms with E-state index in [0.29, 0.717) is 12.3 Å². The molecule has 0 unspecified atom stereocenters. The topological polar surface area (TPSA) is 264 Å². The average molecular weight is 913 g/mol. The number of hydrogen-bond acceptors (Lipinski definition) is 17. The lowest BCUT2D eigenvalue weighted by molar-refractivity contribution is -0.395. The molecule has 17 heteroatoms. The number of ether oxygens (including phenoxy) is 7. The molecule has 8 fully saturated rings. The molecule has 9 N–H and O–H groups in total. The lowest BCUT2D eigenvalue weighted by atomic mass is 9.35. The van der Waals surface area contributed by atoms with E-state index in [1.807, 2.05) is 19.9 Å². The first-order valence-electron chi connectivity index (χ1n) is 23.8. The summed E-state index contributed by atoms with van der Waals surface area (Å²) in [5.74, 6) is 0.0297. The van der Waals surface area contributed by atoms with Crippen molar-refractivity contribution in [3.05, 3.63) is 11.6 Å². The molecule has 0 radical (unpaired) electrons. The standard InChI is InChI=1S/C47H76O17/c1-21(2)17-23-18-47(57,42(56)60-23)25-11-15-45(7)24(25)9-10-29-44(6)14-13-30(43(4,5)28(44)12-16-46(29,45)8)62-41-38(64-40-36(55)34(53)31(50)22(3)59-40)37(33(52)27(19-48)61-41)63-39-35(54)32(51)26(49)20-58-39/h17,22-41,48-55,57H,9-16,18-20H2,1-8H3/t22-,23+,24+,25-,26+,27+,28+,29+,30-,31-,32-,33+,34+,35+,36+,37-,38+,39-,40-,41-,44-,45+,46+,47-/m0/s1. The van der Waals surface area contributed by atoms with E-state index in [-0.39, 0.29) is 40.4 Å². The Balaban J connectivity index is 1.05. The maximum atomic E-state index is 13.4. The number of carbonyl (C=O) groups is 1. The quantitative estimate of drug-likeness (QED) is 0.0894. The molecular weight excluding hydrogens is 836 g/mol. The van der Waals surface area contributed by atoms with Gasteiger partial charge in [-0.05, 0) is 118 Å². The van der Waals surface area contributed by atoms with E-state index >= 15 is 0 Å². The van der Waals surface area contributed by atoms with Gasteiger partial charge < -0.3 is 79.1 Å². The highest BCUT2D eigenvalue weighted by molar-refractivity contribution is 5.82. The third-order valence-corrected chi connectivity index (χ3v) is 18.5. The van der Waals surface area contributed by atoms with Crippen LogP contribution in [0.15, 0.2) is 11.6 Å². The predicted octanol–water partition coefficient (Wildman–Crippen LogP) is 1.18. The highest BCUT2D eigenvalue weighted by Gasteiger charge is 2.71. The molecule has 0 aromatic carbocycles. The van der Waals surface area contributed by atoms with Gasteiger partial charge in [0.1, 0.15) is 67.1 Å². The van der Waals surface area contributed by atoms with Gasteiger partial charge >= 0.3 is 5.97 Å². The minimum Gasteiger partial charge on any atom is -0.456 e. The average Bonchev–Trinajstić information content (AvgIpc) is 3.74. The van der Waals surface area contributed by atoms with Crippen LogP contribution < -0.4 is 0 Å². The highest BCUT2D eigenvalue weighted by Crippen LogP contribution is 2.76. The molecule has 8 aliphatic rings. The van der Waals surface area contributed by atoms with E-state index in [1.54, 1.807) is 0 Å². The van der Waals surface area contributed by atoms with Gasteiger partial charge in [-0.2, -0.15) is 0 Å². The lowest BCUT2D eigenvalue weighted by Crippen LogP contribution is -2.67. The molecule has 4 saturated heterocycles. The summed E-state index contributed by atoms with van der Waals surface area (Å²) in [4.78, 5) is 13.4. The Morgan fingerprint density at radius 3 is 2.06 bits per heavy atom. The number of allylic oxidation sites excluding steroid dienone is 1. The molecule has 0 aromatic heterocycles. The van der Waals surface area contributed by atoms with Crippen LogP contribution in [0, 0.1) is 45.3 Å². The Bertz CT molecular complexity index is 1730. The summed E-state index contributed by atoms with van der Waals surface area (Å²) >= 11 is 0. The van der Waals surface area contributed by atoms with E-state index in [2.05, 4.69) is 34.6 Å². The molecule has 0 spiro atoms. The van der Waals surface area contributed by atoms with Crippen molar-refractivity contribution >= 4 is 5.97 Å². The third-order valence-electron chi connectivity index (χ3n) is 18.5. The zero-order chi connectivity index (χ0) is 46.6. The molecule has 8 rings (SSSR count). The van der Waals surface area contributed by atoms with Crippen LogP contribution in [0.3, 0.4) is 0 Å². The fourth-order valence-corrected chi connectivity index (χ4v) is 14.9. The molecule has 0 aromatic rings. The Kier molecular flexibility index (Phi) is 13.4. The number of hydrogen-bond donors (Lipinski definition) is 9. The van der Waals surface area contributed by atoms with Crippen LogP contribution in [0.25, 0.3) is 0 Å². The van der Waals surface area contributed by atoms with Crippen molar-refractivity contribution in [1.82, 2.24) is 0 Å². The van der Waals surface area contributed by atoms with Gasteiger partial charge in [0.15, 0.2) is 24.5 Å². The molecule has 0 amide bonds. The third kappa shape index (κ3) is 7.76. The van der Waals surface area contributed by atoms with Crippen molar-refractivity contribution in [1.29, 1.82) is 0 Å². The van der Waals surface area contributed by atoms with Gasteiger partial charge in [-0.1, -0.05) is 40.2 Å². The predicted molar refractivity (Wildman–Crippen MR) is 224 cm³/mol. The van der Waals surface area contributed by atoms with Crippen molar-refractivity contribution in [2.45, 2.75) is 217 Å². The van der Waals surface area contributed by atoms with Crippen LogP contribution in [0.1, 0.15) is 113 Å². The van der Waals surface area contributed by atoms with Crippen LogP contribution in [0.5, 0.6) is 0 Å². The number of aliphatic hydroxyl groups is 9. The zero-order valence-corrected chi connectivity index (χ0v) is 38.7. The number of cyclic esters (lactones) is 1. The molecule has 17 nitrogen and oxygen atoms in total. The van der Waals surface area contributed by atoms with Gasteiger partial charge in [0.2, 0.25) is 0 Å². The van der Waals surface area contributed by atoms with Crippen molar-refractivity contribution in [3.63, 3.8) is 0 Å². The van der Waals surface area contributed by atoms with E-state index in [1.165, 1.54) is 6.92 Å². The monoisotopic (exact) mass is 913 g/mol. The number of fused-ring (bicyclic) bond motifs is 5. The van der Waals surface area contributed by atoms with Crippen LogP contribution in [-0.4, -0.2) is 169 Å². The number of rotatable bonds is 9. The van der Waals surface area contributed by atoms with E-state index in [9.17, 15) is 50.8 Å². The van der Waals surface area contributed by atoms with Crippen molar-refractivity contribution in [2.24, 2.45) is 45.3 Å². The van der Waals surface area contributed by atoms with Gasteiger partial charge in [0.05, 0.1) is 25.4 Å². The summed E-state index contributed by atoms with van der Waals surface area (Å²) in [5.41, 5.74) is -1.21. The van der Waals surface area contributed by atoms with Crippen LogP contribution >= 0.6 is 0 Å². The van der Waals surface area contributed by atoms with Gasteiger partial charge in [-0.15, -0.1) is 0 Å². The van der Waals surface area contributed by atoms with E-state index in [0.717, 1.165) is 50.5 Å². The molecule has 4 aliphatic carbocycles. The van der Waals surface area contributed by atoms with E-state index in [4.69, 9.17) is 33.2 Å². The summed E-state index contributed by atoms with van der Waals surface area (Å²) < 4.78 is 42.9. The number of carbonyl (C=O) groups excluding carboxylic acids is 1. The van der Waals surface area contributed by atoms with Crippen LogP contribution in [0.4, 0.5) is 0 Å². The summed E-state index contributed by atoms with van der Waals surface area (Å²) in [6.45, 7) is 16.1. The first-order chi connectivity index (χ1) is 29.9. The number of esters is 1. The Morgan fingerprint density at radius 2 is 1.38 bits per heavy atom. The fraction of sp³-hybridized carbons (Fsp3) is 0.936. The maximum Gasteiger partial charge on any atom is 0.339 e. The molecule has 4 heterocycles. The first kappa shape index (κ1) is 49.0. The second-order valence-corrected chi connectivity index (χ2v) is 22.5. The molecule has 4 saturated carbocycles. The van der Waals surface area contributed by atoms with Gasteiger partial charge in [0, 0.05) is 12.3 Å². The molecule has 24 atom stereocenters. The highest BCUT2D eigenvalue weighted by atomic mass is 16.8. The normalized spacial score (nSPS) is 54.9. The molecule has 366 valence electrons. The smallest absolute Gasteiger partial charge is 0.339 e. The first-order valence-corrected chi connectivity index (χ1v) is 23.8. The molecule has 4 aliphatic heterocycles. The Labute approximate surface area is 376 Å². The Morgan fingerprint density at radius 1 is 0.703 bits per heavy atom. The van der Waals surface area contributed by atoms with Crippen molar-refractivity contribution < 1.29 is 83.9 Å². The van der Waals surface area contributed by atoms with Gasteiger partial charge in [-0.3, -0.25) is 0 Å². The number of aliphatic hydroxyl groups excluding tert-OH is 8. The summed E-state index contributed by atoms with van der Waals surface area (Å²) in [6.07, 6.45) is -12.9. The Hall–Kier alpha value is -1.39. The summed E-state index contributed by atoms with van der Waals surface area (Å²) in [6, 6.07) is 0. The molecule has 64 heavy (non-hydrogen) atoms. The maximum absolute atomic E-state index is 13.4. The largest absolute Gasteiger partial charge is 0.456 e. The SMILES string of the molecule is CC(C)=C[C@@H]1C[C@](O)([C@H]2CC[C@]3(C)[C@@H]2CC[C@@H]2[C@@]4(C)CC[C@H](O[C@@H]5O[C@H](CO)[C@@H](O)[C@H](O[C@@H]6OC[C@@H](O)[C@H](O)[C@H]6O)[C@H]5O[C@@H]5O[C@@H](C)[C@H](O)[C@@H](O)[C@H]5O)C(C)(C)[C@H]4CC[C@]23C)C(=O)O1. The molecule has 0 bridgehead atoms. The second-order valence-electron chi connectivity index (χ2n) is 22.5. The lowest BCUT2D eigenvalue weighted by Gasteiger charge is -2.70. The van der Waals surface area contributed by atoms with Crippen molar-refractivity contribution in [3.8, 4) is 0 Å². The van der Waals surface area contributed by atoms with E-state index < -0.39 is 128 Å². The molecular formula is C47H76O17. The summed E-state index contributed by atoms with van der Waals surface area (Å²) in [7, 11) is 0. The minimum atomic E-state index is -1.75. The van der Waals surface area contributed by atoms with Gasteiger partial charge in [-0.25, -0.2) is 4.79 Å². The van der Waals surface area contributed by atoms with Crippen LogP contribution in [0.2, 0.25) is 0 Å². The van der Waals surface area contributed by atoms with Gasteiger partial charge in [0.25, 0.3) is 0 Å². The van der Waals surface area contributed by atoms with Crippen LogP contribution in [-0.2, 0) is 38.0 Å². The summed E-state index contributed by atoms with van der Waals surface area (Å²) in [5, 5.41) is 97.9. The fourth-order valence-electron chi connectivity index (χ4n) is 14.9. The van der Waals surface area contributed by atoms with Crippen molar-refractivity contribution in [2.75, 3.05) is 13.2 Å².